The summed E-state index contributed by atoms with van der Waals surface area (Å²) >= 11 is 0. The Balaban J connectivity index is 1.00. The topological polar surface area (TPSA) is 91.9 Å². The van der Waals surface area contributed by atoms with E-state index < -0.39 is 5.97 Å². The van der Waals surface area contributed by atoms with Crippen molar-refractivity contribution in [1.29, 1.82) is 0 Å². The fourth-order valence-electron chi connectivity index (χ4n) is 7.65. The second-order valence-corrected chi connectivity index (χ2v) is 12.6. The summed E-state index contributed by atoms with van der Waals surface area (Å²) in [5, 5.41) is 18.1. The lowest BCUT2D eigenvalue weighted by molar-refractivity contribution is -0.145. The summed E-state index contributed by atoms with van der Waals surface area (Å²) in [5.41, 5.74) is 3.99. The fourth-order valence-corrected chi connectivity index (χ4v) is 7.65. The van der Waals surface area contributed by atoms with Gasteiger partial charge in [0, 0.05) is 32.2 Å². The molecule has 41 heavy (non-hydrogen) atoms. The van der Waals surface area contributed by atoms with Crippen LogP contribution in [-0.2, 0) is 16.1 Å². The van der Waals surface area contributed by atoms with Gasteiger partial charge in [-0.2, -0.15) is 0 Å². The predicted molar refractivity (Wildman–Crippen MR) is 157 cm³/mol. The van der Waals surface area contributed by atoms with Gasteiger partial charge in [-0.05, 0) is 96.5 Å². The Kier molecular flexibility index (Phi) is 9.29. The van der Waals surface area contributed by atoms with Crippen molar-refractivity contribution in [3.8, 4) is 0 Å². The Morgan fingerprint density at radius 3 is 2.54 bits per heavy atom. The summed E-state index contributed by atoms with van der Waals surface area (Å²) in [4.78, 5) is 17.5. The fraction of sp³-hybridized carbons (Fsp3) is 0.606. The lowest BCUT2D eigenvalue weighted by Gasteiger charge is -2.35. The number of nitrogens with zero attached hydrogens (tertiary/aromatic N) is 4. The molecule has 3 aromatic rings. The van der Waals surface area contributed by atoms with Crippen molar-refractivity contribution in [2.75, 3.05) is 39.3 Å². The summed E-state index contributed by atoms with van der Waals surface area (Å²) in [6.07, 6.45) is 9.19. The Labute approximate surface area is 243 Å². The van der Waals surface area contributed by atoms with Gasteiger partial charge in [0.1, 0.15) is 17.1 Å². The summed E-state index contributed by atoms with van der Waals surface area (Å²) in [7, 11) is 0. The molecule has 8 nitrogen and oxygen atoms in total. The second-order valence-electron chi connectivity index (χ2n) is 12.6. The van der Waals surface area contributed by atoms with E-state index in [4.69, 9.17) is 9.37 Å². The second kappa shape index (κ2) is 13.4. The molecule has 3 atom stereocenters. The van der Waals surface area contributed by atoms with Gasteiger partial charge in [0.15, 0.2) is 0 Å². The van der Waals surface area contributed by atoms with Crippen LogP contribution in [0.4, 0.5) is 0 Å². The zero-order valence-electron chi connectivity index (χ0n) is 24.1. The van der Waals surface area contributed by atoms with Gasteiger partial charge in [0.05, 0.1) is 6.61 Å². The third-order valence-electron chi connectivity index (χ3n) is 9.90. The van der Waals surface area contributed by atoms with E-state index in [0.29, 0.717) is 24.4 Å². The van der Waals surface area contributed by atoms with Gasteiger partial charge in [0.25, 0.3) is 0 Å². The molecule has 0 spiro atoms. The normalized spacial score (nSPS) is 24.2. The highest BCUT2D eigenvalue weighted by molar-refractivity contribution is 5.74. The molecule has 6 rings (SSSR count). The van der Waals surface area contributed by atoms with Crippen LogP contribution in [0.5, 0.6) is 0 Å². The van der Waals surface area contributed by atoms with Crippen LogP contribution >= 0.6 is 0 Å². The standard InChI is InChI=1S/C33H44N4O4/c38-33(39)32(27-9-5-2-6-10-27)37-21-28(29(22-37)26-7-3-1-4-8-26)20-36-16-13-24(14-17-36)15-18-40-23-25-11-12-30-31(19-25)35-41-34-30/h1,3-4,7-8,11-12,19,24,27-29,32H,2,5-6,9-10,13-18,20-23H2,(H,38,39)/t28-,29+,32+/m0/s1. The number of rotatable bonds is 11. The molecule has 3 heterocycles. The summed E-state index contributed by atoms with van der Waals surface area (Å²) in [6, 6.07) is 16.4. The minimum absolute atomic E-state index is 0.289. The van der Waals surface area contributed by atoms with Gasteiger partial charge in [-0.3, -0.25) is 9.69 Å². The van der Waals surface area contributed by atoms with E-state index >= 15 is 0 Å². The van der Waals surface area contributed by atoms with E-state index in [9.17, 15) is 9.90 Å². The van der Waals surface area contributed by atoms with Crippen molar-refractivity contribution in [2.45, 2.75) is 69.9 Å². The first kappa shape index (κ1) is 28.3. The minimum Gasteiger partial charge on any atom is -0.480 e. The third-order valence-corrected chi connectivity index (χ3v) is 9.90. The molecule has 0 unspecified atom stereocenters. The van der Waals surface area contributed by atoms with E-state index in [-0.39, 0.29) is 12.0 Å². The first-order valence-electron chi connectivity index (χ1n) is 15.7. The molecular weight excluding hydrogens is 516 g/mol. The van der Waals surface area contributed by atoms with Crippen LogP contribution < -0.4 is 0 Å². The molecule has 1 aliphatic carbocycles. The van der Waals surface area contributed by atoms with E-state index in [1.807, 2.05) is 18.2 Å². The largest absolute Gasteiger partial charge is 0.480 e. The maximum absolute atomic E-state index is 12.5. The molecule has 3 fully saturated rings. The number of hydrogen-bond acceptors (Lipinski definition) is 7. The van der Waals surface area contributed by atoms with Crippen LogP contribution in [0.1, 0.15) is 68.4 Å². The Morgan fingerprint density at radius 1 is 0.976 bits per heavy atom. The lowest BCUT2D eigenvalue weighted by atomic mass is 9.83. The average molecular weight is 561 g/mol. The van der Waals surface area contributed by atoms with Gasteiger partial charge in [-0.15, -0.1) is 0 Å². The minimum atomic E-state index is -0.622. The Bertz CT molecular complexity index is 1250. The number of likely N-dealkylation sites (tertiary alicyclic amines) is 2. The summed E-state index contributed by atoms with van der Waals surface area (Å²) < 4.78 is 10.8. The van der Waals surface area contributed by atoms with E-state index in [1.54, 1.807) is 0 Å². The highest BCUT2D eigenvalue weighted by Crippen LogP contribution is 2.38. The number of carbonyl (C=O) groups is 1. The first-order chi connectivity index (χ1) is 20.1. The number of piperidine rings is 1. The van der Waals surface area contributed by atoms with Crippen LogP contribution in [0.3, 0.4) is 0 Å². The van der Waals surface area contributed by atoms with Crippen LogP contribution in [0.15, 0.2) is 53.2 Å². The van der Waals surface area contributed by atoms with Crippen LogP contribution in [-0.4, -0.2) is 76.6 Å². The predicted octanol–water partition coefficient (Wildman–Crippen LogP) is 5.59. The summed E-state index contributed by atoms with van der Waals surface area (Å²) in [5.74, 6) is 1.21. The number of fused-ring (bicyclic) bond motifs is 1. The van der Waals surface area contributed by atoms with Gasteiger partial charge in [0.2, 0.25) is 0 Å². The number of carboxylic acid groups (broad SMARTS) is 1. The van der Waals surface area contributed by atoms with Crippen molar-refractivity contribution >= 4 is 17.0 Å². The van der Waals surface area contributed by atoms with Gasteiger partial charge >= 0.3 is 5.97 Å². The SMILES string of the molecule is O=C(O)[C@@H](C1CCCCC1)N1C[C@H](CN2CCC(CCOCc3ccc4nonc4c3)CC2)[C@@H](c2ccccc2)C1. The molecule has 3 aliphatic rings. The van der Waals surface area contributed by atoms with Crippen molar-refractivity contribution in [2.24, 2.45) is 17.8 Å². The number of benzene rings is 2. The quantitative estimate of drug-likeness (QED) is 0.304. The molecule has 220 valence electrons. The molecule has 2 aliphatic heterocycles. The molecule has 0 bridgehead atoms. The molecular formula is C33H44N4O4. The van der Waals surface area contributed by atoms with E-state index in [2.05, 4.69) is 50.4 Å². The van der Waals surface area contributed by atoms with Crippen LogP contribution in [0.2, 0.25) is 0 Å². The van der Waals surface area contributed by atoms with Gasteiger partial charge in [-0.25, -0.2) is 4.63 Å². The van der Waals surface area contributed by atoms with Gasteiger partial charge < -0.3 is 14.7 Å². The molecule has 2 aromatic carbocycles. The lowest BCUT2D eigenvalue weighted by Crippen LogP contribution is -2.46. The number of hydrogen-bond donors (Lipinski definition) is 1. The highest BCUT2D eigenvalue weighted by Gasteiger charge is 2.43. The zero-order valence-corrected chi connectivity index (χ0v) is 24.1. The van der Waals surface area contributed by atoms with E-state index in [1.165, 1.54) is 37.7 Å². The molecule has 8 heteroatoms. The Hall–Kier alpha value is -2.81. The molecule has 0 amide bonds. The Morgan fingerprint density at radius 2 is 1.76 bits per heavy atom. The first-order valence-corrected chi connectivity index (χ1v) is 15.7. The van der Waals surface area contributed by atoms with Crippen molar-refractivity contribution in [1.82, 2.24) is 20.1 Å². The van der Waals surface area contributed by atoms with Crippen molar-refractivity contribution in [3.63, 3.8) is 0 Å². The molecule has 1 saturated carbocycles. The monoisotopic (exact) mass is 560 g/mol. The molecule has 1 N–H and O–H groups in total. The van der Waals surface area contributed by atoms with Crippen LogP contribution in [0, 0.1) is 17.8 Å². The van der Waals surface area contributed by atoms with Crippen molar-refractivity contribution < 1.29 is 19.3 Å². The summed E-state index contributed by atoms with van der Waals surface area (Å²) in [6.45, 7) is 6.37. The maximum atomic E-state index is 12.5. The number of ether oxygens (including phenoxy) is 1. The molecule has 0 radical (unpaired) electrons. The maximum Gasteiger partial charge on any atom is 0.321 e. The highest BCUT2D eigenvalue weighted by atomic mass is 16.6. The average Bonchev–Trinajstić information content (AvgIpc) is 3.64. The smallest absolute Gasteiger partial charge is 0.321 e. The number of aliphatic carboxylic acids is 1. The number of carboxylic acids is 1. The zero-order chi connectivity index (χ0) is 28.0. The van der Waals surface area contributed by atoms with Crippen molar-refractivity contribution in [3.05, 3.63) is 59.7 Å². The van der Waals surface area contributed by atoms with Gasteiger partial charge in [-0.1, -0.05) is 55.7 Å². The third kappa shape index (κ3) is 6.99. The van der Waals surface area contributed by atoms with Crippen LogP contribution in [0.25, 0.3) is 11.0 Å². The molecule has 2 saturated heterocycles. The number of aromatic nitrogens is 2. The van der Waals surface area contributed by atoms with E-state index in [0.717, 1.165) is 75.2 Å². The molecule has 1 aromatic heterocycles.